The second-order valence-electron chi connectivity index (χ2n) is 4.98. The third-order valence-electron chi connectivity index (χ3n) is 2.88. The molecule has 1 unspecified atom stereocenters. The number of nitrogens with zero attached hydrogens (tertiary/aromatic N) is 2. The molecule has 6 nitrogen and oxygen atoms in total. The normalized spacial score (nSPS) is 12.3. The lowest BCUT2D eigenvalue weighted by atomic mass is 10.1. The smallest absolute Gasteiger partial charge is 0.305 e. The maximum atomic E-state index is 13.8. The Morgan fingerprint density at radius 1 is 1.43 bits per heavy atom. The largest absolute Gasteiger partial charge is 0.349 e. The topological polar surface area (TPSA) is 75.5 Å². The Labute approximate surface area is 120 Å². The highest BCUT2D eigenvalue weighted by molar-refractivity contribution is 5.95. The summed E-state index contributed by atoms with van der Waals surface area (Å²) >= 11 is 0. The number of nitro benzene ring substituents is 1. The van der Waals surface area contributed by atoms with Gasteiger partial charge in [-0.25, -0.2) is 4.39 Å². The van der Waals surface area contributed by atoms with Crippen molar-refractivity contribution in [2.75, 3.05) is 20.6 Å². The molecule has 0 radical (unpaired) electrons. The zero-order valence-electron chi connectivity index (χ0n) is 12.0. The van der Waals surface area contributed by atoms with Crippen molar-refractivity contribution in [3.05, 3.63) is 39.4 Å². The summed E-state index contributed by atoms with van der Waals surface area (Å²) in [5, 5.41) is 13.0. The summed E-state index contributed by atoms with van der Waals surface area (Å²) in [5.41, 5.74) is -1.86. The molecule has 21 heavy (non-hydrogen) atoms. The molecule has 0 aliphatic heterocycles. The van der Waals surface area contributed by atoms with Crippen LogP contribution in [0.15, 0.2) is 12.1 Å². The van der Waals surface area contributed by atoms with Gasteiger partial charge in [0.1, 0.15) is 11.4 Å². The minimum Gasteiger partial charge on any atom is -0.349 e. The second kappa shape index (κ2) is 7.07. The molecule has 1 amide bonds. The summed E-state index contributed by atoms with van der Waals surface area (Å²) < 4.78 is 27.4. The standard InChI is InChI=1S/C13H17F2N3O3/c1-8(6-7-17(2)3)16-13(19)11-9(14)4-5-10(12(11)15)18(20)21/h4-5,8H,6-7H2,1-3H3,(H,16,19). The highest BCUT2D eigenvalue weighted by atomic mass is 19.1. The van der Waals surface area contributed by atoms with Gasteiger partial charge in [-0.1, -0.05) is 0 Å². The minimum absolute atomic E-state index is 0.321. The van der Waals surface area contributed by atoms with E-state index in [1.165, 1.54) is 0 Å². The van der Waals surface area contributed by atoms with E-state index >= 15 is 0 Å². The van der Waals surface area contributed by atoms with Crippen LogP contribution in [0.2, 0.25) is 0 Å². The Morgan fingerprint density at radius 2 is 2.05 bits per heavy atom. The van der Waals surface area contributed by atoms with Gasteiger partial charge in [0, 0.05) is 12.1 Å². The minimum atomic E-state index is -1.46. The molecule has 0 bridgehead atoms. The molecule has 0 fully saturated rings. The Morgan fingerprint density at radius 3 is 2.57 bits per heavy atom. The summed E-state index contributed by atoms with van der Waals surface area (Å²) in [6.07, 6.45) is 0.580. The van der Waals surface area contributed by atoms with Gasteiger partial charge in [-0.3, -0.25) is 14.9 Å². The number of nitro groups is 1. The third kappa shape index (κ3) is 4.45. The Bertz CT molecular complexity index is 550. The summed E-state index contributed by atoms with van der Waals surface area (Å²) in [7, 11) is 3.71. The number of halogens is 2. The van der Waals surface area contributed by atoms with Gasteiger partial charge in [0.2, 0.25) is 5.82 Å². The molecule has 0 heterocycles. The van der Waals surface area contributed by atoms with E-state index in [0.717, 1.165) is 0 Å². The zero-order valence-corrected chi connectivity index (χ0v) is 12.0. The lowest BCUT2D eigenvalue weighted by molar-refractivity contribution is -0.387. The SMILES string of the molecule is CC(CCN(C)C)NC(=O)c1c(F)ccc([N+](=O)[O-])c1F. The summed E-state index contributed by atoms with van der Waals surface area (Å²) in [6.45, 7) is 2.37. The van der Waals surface area contributed by atoms with Crippen LogP contribution in [0, 0.1) is 21.7 Å². The van der Waals surface area contributed by atoms with Gasteiger partial charge in [0.15, 0.2) is 0 Å². The van der Waals surface area contributed by atoms with Crippen LogP contribution in [0.3, 0.4) is 0 Å². The lowest BCUT2D eigenvalue weighted by Gasteiger charge is -2.17. The van der Waals surface area contributed by atoms with E-state index in [1.54, 1.807) is 6.92 Å². The van der Waals surface area contributed by atoms with Crippen LogP contribution in [-0.2, 0) is 0 Å². The Balaban J connectivity index is 2.92. The van der Waals surface area contributed by atoms with E-state index in [1.807, 2.05) is 19.0 Å². The lowest BCUT2D eigenvalue weighted by Crippen LogP contribution is -2.35. The van der Waals surface area contributed by atoms with Crippen molar-refractivity contribution in [1.29, 1.82) is 0 Å². The molecule has 0 spiro atoms. The molecule has 1 aromatic rings. The van der Waals surface area contributed by atoms with Crippen molar-refractivity contribution in [3.63, 3.8) is 0 Å². The molecule has 8 heteroatoms. The number of hydrogen-bond acceptors (Lipinski definition) is 4. The molecular formula is C13H17F2N3O3. The molecule has 0 saturated carbocycles. The van der Waals surface area contributed by atoms with Crippen molar-refractivity contribution in [1.82, 2.24) is 10.2 Å². The first kappa shape index (κ1) is 17.0. The van der Waals surface area contributed by atoms with Crippen LogP contribution in [0.1, 0.15) is 23.7 Å². The maximum Gasteiger partial charge on any atom is 0.305 e. The number of hydrogen-bond donors (Lipinski definition) is 1. The summed E-state index contributed by atoms with van der Waals surface area (Å²) in [5.74, 6) is -3.59. The van der Waals surface area contributed by atoms with Crippen molar-refractivity contribution < 1.29 is 18.5 Å². The van der Waals surface area contributed by atoms with E-state index in [9.17, 15) is 23.7 Å². The van der Waals surface area contributed by atoms with E-state index < -0.39 is 33.7 Å². The number of nitrogens with one attached hydrogen (secondary N) is 1. The van der Waals surface area contributed by atoms with Crippen LogP contribution in [0.5, 0.6) is 0 Å². The van der Waals surface area contributed by atoms with Gasteiger partial charge in [0.25, 0.3) is 5.91 Å². The van der Waals surface area contributed by atoms with Crippen LogP contribution >= 0.6 is 0 Å². The first-order valence-corrected chi connectivity index (χ1v) is 6.32. The molecule has 1 rings (SSSR count). The average molecular weight is 301 g/mol. The third-order valence-corrected chi connectivity index (χ3v) is 2.88. The van der Waals surface area contributed by atoms with Crippen molar-refractivity contribution >= 4 is 11.6 Å². The number of rotatable bonds is 6. The fourth-order valence-corrected chi connectivity index (χ4v) is 1.71. The van der Waals surface area contributed by atoms with E-state index in [-0.39, 0.29) is 6.04 Å². The predicted octanol–water partition coefficient (Wildman–Crippen LogP) is 1.94. The molecule has 0 aliphatic carbocycles. The molecule has 1 N–H and O–H groups in total. The van der Waals surface area contributed by atoms with Crippen LogP contribution < -0.4 is 5.32 Å². The molecular weight excluding hydrogens is 284 g/mol. The first-order valence-electron chi connectivity index (χ1n) is 6.32. The molecule has 0 saturated heterocycles. The van der Waals surface area contributed by atoms with Gasteiger partial charge in [-0.15, -0.1) is 0 Å². The molecule has 1 atom stereocenters. The zero-order chi connectivity index (χ0) is 16.2. The van der Waals surface area contributed by atoms with E-state index in [2.05, 4.69) is 5.32 Å². The number of benzene rings is 1. The van der Waals surface area contributed by atoms with Crippen molar-refractivity contribution in [2.24, 2.45) is 0 Å². The van der Waals surface area contributed by atoms with Crippen LogP contribution in [0.4, 0.5) is 14.5 Å². The van der Waals surface area contributed by atoms with Crippen LogP contribution in [-0.4, -0.2) is 42.4 Å². The van der Waals surface area contributed by atoms with Gasteiger partial charge in [-0.05, 0) is 40.1 Å². The fourth-order valence-electron chi connectivity index (χ4n) is 1.71. The first-order chi connectivity index (χ1) is 9.73. The van der Waals surface area contributed by atoms with E-state index in [4.69, 9.17) is 0 Å². The number of amides is 1. The fraction of sp³-hybridized carbons (Fsp3) is 0.462. The molecule has 0 aliphatic rings. The molecule has 1 aromatic carbocycles. The highest BCUT2D eigenvalue weighted by Crippen LogP contribution is 2.23. The number of carbonyl (C=O) groups excluding carboxylic acids is 1. The van der Waals surface area contributed by atoms with Gasteiger partial charge < -0.3 is 10.2 Å². The van der Waals surface area contributed by atoms with Crippen molar-refractivity contribution in [3.8, 4) is 0 Å². The van der Waals surface area contributed by atoms with Gasteiger partial charge in [-0.2, -0.15) is 4.39 Å². The average Bonchev–Trinajstić information content (AvgIpc) is 2.35. The maximum absolute atomic E-state index is 13.8. The summed E-state index contributed by atoms with van der Waals surface area (Å²) in [4.78, 5) is 23.4. The van der Waals surface area contributed by atoms with Gasteiger partial charge in [0.05, 0.1) is 4.92 Å². The summed E-state index contributed by atoms with van der Waals surface area (Å²) in [6, 6.07) is 1.08. The van der Waals surface area contributed by atoms with Gasteiger partial charge >= 0.3 is 5.69 Å². The second-order valence-corrected chi connectivity index (χ2v) is 4.98. The van der Waals surface area contributed by atoms with Crippen LogP contribution in [0.25, 0.3) is 0 Å². The monoisotopic (exact) mass is 301 g/mol. The highest BCUT2D eigenvalue weighted by Gasteiger charge is 2.26. The quantitative estimate of drug-likeness (QED) is 0.643. The van der Waals surface area contributed by atoms with E-state index in [0.29, 0.717) is 25.1 Å². The Hall–Kier alpha value is -2.09. The molecule has 116 valence electrons. The predicted molar refractivity (Wildman–Crippen MR) is 73.1 cm³/mol. The Kier molecular flexibility index (Phi) is 5.71. The number of carbonyl (C=O) groups is 1. The molecule has 0 aromatic heterocycles. The van der Waals surface area contributed by atoms with Crippen molar-refractivity contribution in [2.45, 2.75) is 19.4 Å².